The van der Waals surface area contributed by atoms with Gasteiger partial charge < -0.3 is 9.94 Å². The monoisotopic (exact) mass is 606 g/mol. The number of aliphatic carboxylic acids is 1. The number of nitro groups is 1. The molecule has 5 aliphatic carbocycles. The van der Waals surface area contributed by atoms with Crippen molar-refractivity contribution in [3.05, 3.63) is 39.9 Å². The molecule has 5 saturated carbocycles. The summed E-state index contributed by atoms with van der Waals surface area (Å²) in [4.78, 5) is 29.4. The highest BCUT2D eigenvalue weighted by molar-refractivity contribution is 5.90. The SMILES string of the molecule is CC(C)C1CCC2(C(=O)O)CC[C@]3(C)[C@H](CCC4[C@@]5(C)CC/C(=N\OCc6ccc([N+](=O)[O-])cc6)C(C)(C)[C@@H]5CC[C@]43C)C12. The van der Waals surface area contributed by atoms with Crippen LogP contribution in [0.5, 0.6) is 0 Å². The highest BCUT2D eigenvalue weighted by Crippen LogP contribution is 2.77. The number of nitrogens with zero attached hydrogens (tertiary/aromatic N) is 2. The van der Waals surface area contributed by atoms with Gasteiger partial charge in [-0.2, -0.15) is 0 Å². The second-order valence-electron chi connectivity index (χ2n) is 17.1. The summed E-state index contributed by atoms with van der Waals surface area (Å²) >= 11 is 0. The summed E-state index contributed by atoms with van der Waals surface area (Å²) in [6.45, 7) is 17.5. The van der Waals surface area contributed by atoms with Crippen LogP contribution in [-0.4, -0.2) is 21.7 Å². The van der Waals surface area contributed by atoms with Crippen LogP contribution >= 0.6 is 0 Å². The van der Waals surface area contributed by atoms with E-state index in [1.807, 2.05) is 0 Å². The van der Waals surface area contributed by atoms with Crippen molar-refractivity contribution < 1.29 is 19.7 Å². The molecule has 9 atom stereocenters. The van der Waals surface area contributed by atoms with Crippen LogP contribution in [0, 0.1) is 72.7 Å². The first-order valence-corrected chi connectivity index (χ1v) is 17.3. The largest absolute Gasteiger partial charge is 0.481 e. The smallest absolute Gasteiger partial charge is 0.309 e. The van der Waals surface area contributed by atoms with Crippen molar-refractivity contribution in [2.75, 3.05) is 0 Å². The van der Waals surface area contributed by atoms with Gasteiger partial charge in [0.2, 0.25) is 0 Å². The van der Waals surface area contributed by atoms with Crippen molar-refractivity contribution in [1.82, 2.24) is 0 Å². The summed E-state index contributed by atoms with van der Waals surface area (Å²) in [7, 11) is 0. The van der Waals surface area contributed by atoms with Crippen LogP contribution in [0.3, 0.4) is 0 Å². The Morgan fingerprint density at radius 3 is 2.30 bits per heavy atom. The predicted octanol–water partition coefficient (Wildman–Crippen LogP) is 9.29. The Kier molecular flexibility index (Phi) is 7.56. The lowest BCUT2D eigenvalue weighted by atomic mass is 9.32. The molecule has 0 aliphatic heterocycles. The molecule has 1 N–H and O–H groups in total. The molecular weight excluding hydrogens is 552 g/mol. The Bertz CT molecular complexity index is 1340. The Balaban J connectivity index is 1.24. The van der Waals surface area contributed by atoms with E-state index in [0.717, 1.165) is 49.8 Å². The summed E-state index contributed by atoms with van der Waals surface area (Å²) in [6.07, 6.45) is 10.6. The number of fused-ring (bicyclic) bond motifs is 7. The Morgan fingerprint density at radius 2 is 1.66 bits per heavy atom. The molecule has 0 spiro atoms. The molecule has 6 rings (SSSR count). The number of carboxylic acid groups (broad SMARTS) is 1. The maximum Gasteiger partial charge on any atom is 0.309 e. The summed E-state index contributed by atoms with van der Waals surface area (Å²) < 4.78 is 0. The van der Waals surface area contributed by atoms with Gasteiger partial charge in [0.25, 0.3) is 5.69 Å². The number of hydrogen-bond acceptors (Lipinski definition) is 5. The maximum atomic E-state index is 13.0. The van der Waals surface area contributed by atoms with Crippen LogP contribution in [0.4, 0.5) is 5.69 Å². The van der Waals surface area contributed by atoms with E-state index in [4.69, 9.17) is 9.99 Å². The first-order chi connectivity index (χ1) is 20.6. The van der Waals surface area contributed by atoms with Crippen molar-refractivity contribution in [1.29, 1.82) is 0 Å². The van der Waals surface area contributed by atoms with E-state index in [9.17, 15) is 20.0 Å². The van der Waals surface area contributed by atoms with Gasteiger partial charge in [-0.1, -0.05) is 53.6 Å². The van der Waals surface area contributed by atoms with Gasteiger partial charge in [0.1, 0.15) is 6.61 Å². The molecule has 5 fully saturated rings. The number of carbonyl (C=O) groups is 1. The number of benzene rings is 1. The van der Waals surface area contributed by atoms with Crippen LogP contribution in [0.25, 0.3) is 0 Å². The van der Waals surface area contributed by atoms with Crippen molar-refractivity contribution in [3.8, 4) is 0 Å². The summed E-state index contributed by atoms with van der Waals surface area (Å²) in [5.41, 5.74) is 2.06. The zero-order valence-corrected chi connectivity index (χ0v) is 28.0. The molecule has 0 bridgehead atoms. The van der Waals surface area contributed by atoms with Gasteiger partial charge in [0.05, 0.1) is 16.0 Å². The minimum atomic E-state index is -0.521. The van der Waals surface area contributed by atoms with Gasteiger partial charge in [-0.05, 0) is 134 Å². The zero-order valence-electron chi connectivity index (χ0n) is 28.0. The lowest BCUT2D eigenvalue weighted by Crippen LogP contribution is -2.66. The van der Waals surface area contributed by atoms with Gasteiger partial charge in [0.15, 0.2) is 0 Å². The zero-order chi connectivity index (χ0) is 31.9. The third-order valence-electron chi connectivity index (χ3n) is 15.1. The highest BCUT2D eigenvalue weighted by Gasteiger charge is 2.72. The average molecular weight is 607 g/mol. The first-order valence-electron chi connectivity index (χ1n) is 17.3. The molecule has 7 nitrogen and oxygen atoms in total. The number of hydrogen-bond donors (Lipinski definition) is 1. The topological polar surface area (TPSA) is 102 Å². The number of oxime groups is 1. The summed E-state index contributed by atoms with van der Waals surface area (Å²) in [6, 6.07) is 6.50. The fourth-order valence-corrected chi connectivity index (χ4v) is 12.6. The Labute approximate surface area is 263 Å². The lowest BCUT2D eigenvalue weighted by molar-refractivity contribution is -0.384. The molecule has 1 aromatic carbocycles. The van der Waals surface area contributed by atoms with Crippen molar-refractivity contribution in [3.63, 3.8) is 0 Å². The fourth-order valence-electron chi connectivity index (χ4n) is 12.6. The lowest BCUT2D eigenvalue weighted by Gasteiger charge is -2.72. The molecule has 1 aromatic rings. The molecule has 7 heteroatoms. The average Bonchev–Trinajstić information content (AvgIpc) is 3.36. The molecule has 0 aromatic heterocycles. The van der Waals surface area contributed by atoms with Crippen molar-refractivity contribution in [2.24, 2.45) is 67.7 Å². The molecule has 5 aliphatic rings. The van der Waals surface area contributed by atoms with Crippen LogP contribution in [0.2, 0.25) is 0 Å². The van der Waals surface area contributed by atoms with Crippen LogP contribution in [0.1, 0.15) is 118 Å². The molecule has 44 heavy (non-hydrogen) atoms. The van der Waals surface area contributed by atoms with Crippen LogP contribution in [0.15, 0.2) is 29.4 Å². The van der Waals surface area contributed by atoms with E-state index in [0.29, 0.717) is 42.1 Å². The van der Waals surface area contributed by atoms with E-state index < -0.39 is 11.4 Å². The molecule has 0 heterocycles. The quantitative estimate of drug-likeness (QED) is 0.257. The number of non-ortho nitro benzene ring substituents is 1. The van der Waals surface area contributed by atoms with Gasteiger partial charge in [0, 0.05) is 17.5 Å². The van der Waals surface area contributed by atoms with Gasteiger partial charge in [-0.3, -0.25) is 14.9 Å². The normalized spacial score (nSPS) is 43.5. The van der Waals surface area contributed by atoms with E-state index >= 15 is 0 Å². The number of rotatable bonds is 6. The number of nitro benzene ring substituents is 1. The summed E-state index contributed by atoms with van der Waals surface area (Å²) in [5.74, 6) is 2.45. The standard InChI is InChI=1S/C37H54N2O5/c1-23(2)26-14-19-37(32(40)41)21-20-35(6)27(31(26)37)12-13-29-34(5)17-16-30(33(3,4)28(34)15-18-36(29,35)7)38-44-22-24-8-10-25(11-9-24)39(42)43/h8-11,23,26-29,31H,12-22H2,1-7H3,(H,40,41)/b38-30+/t26?,27-,28+,29?,31?,34+,35-,36-,37?/m1/s1. The van der Waals surface area contributed by atoms with Crippen molar-refractivity contribution >= 4 is 17.4 Å². The fraction of sp³-hybridized carbons (Fsp3) is 0.784. The molecule has 0 radical (unpaired) electrons. The van der Waals surface area contributed by atoms with Crippen LogP contribution < -0.4 is 0 Å². The van der Waals surface area contributed by atoms with Crippen molar-refractivity contribution in [2.45, 2.75) is 119 Å². The Hall–Kier alpha value is -2.44. The predicted molar refractivity (Wildman–Crippen MR) is 172 cm³/mol. The minimum Gasteiger partial charge on any atom is -0.481 e. The molecular formula is C37H54N2O5. The minimum absolute atomic E-state index is 0.0809. The summed E-state index contributed by atoms with van der Waals surface area (Å²) in [5, 5.41) is 26.4. The van der Waals surface area contributed by atoms with E-state index in [1.54, 1.807) is 12.1 Å². The van der Waals surface area contributed by atoms with E-state index in [2.05, 4.69) is 48.5 Å². The maximum absolute atomic E-state index is 13.0. The Morgan fingerprint density at radius 1 is 0.955 bits per heavy atom. The number of carboxylic acids is 1. The molecule has 0 amide bonds. The van der Waals surface area contributed by atoms with E-state index in [1.165, 1.54) is 37.8 Å². The molecule has 0 saturated heterocycles. The third kappa shape index (κ3) is 4.33. The third-order valence-corrected chi connectivity index (χ3v) is 15.1. The first kappa shape index (κ1) is 31.5. The van der Waals surface area contributed by atoms with Gasteiger partial charge in [-0.15, -0.1) is 0 Å². The molecule has 242 valence electrons. The molecule has 4 unspecified atom stereocenters. The highest BCUT2D eigenvalue weighted by atomic mass is 16.6. The van der Waals surface area contributed by atoms with Crippen LogP contribution in [-0.2, 0) is 16.2 Å². The second-order valence-corrected chi connectivity index (χ2v) is 17.1. The van der Waals surface area contributed by atoms with Gasteiger partial charge >= 0.3 is 5.97 Å². The van der Waals surface area contributed by atoms with E-state index in [-0.39, 0.29) is 32.3 Å². The second kappa shape index (κ2) is 10.6. The van der Waals surface area contributed by atoms with Gasteiger partial charge in [-0.25, -0.2) is 0 Å².